The number of anilines is 1. The number of nitrogens with zero attached hydrogens (tertiary/aromatic N) is 1. The van der Waals surface area contributed by atoms with Crippen molar-refractivity contribution in [2.24, 2.45) is 5.10 Å². The fourth-order valence-corrected chi connectivity index (χ4v) is 2.38. The largest absolute Gasteiger partial charge is 0.454 e. The highest BCUT2D eigenvalue weighted by atomic mass is 79.9. The number of ether oxygens (including phenoxy) is 2. The van der Waals surface area contributed by atoms with Crippen LogP contribution >= 0.6 is 15.9 Å². The minimum Gasteiger partial charge on any atom is -0.454 e. The van der Waals surface area contributed by atoms with Gasteiger partial charge >= 0.3 is 0 Å². The number of carbonyl (C=O) groups is 1. The van der Waals surface area contributed by atoms with E-state index >= 15 is 0 Å². The molecule has 1 amide bonds. The van der Waals surface area contributed by atoms with Crippen molar-refractivity contribution < 1.29 is 14.3 Å². The first-order valence-electron chi connectivity index (χ1n) is 6.42. The summed E-state index contributed by atoms with van der Waals surface area (Å²) >= 11 is 3.41. The molecule has 6 nitrogen and oxygen atoms in total. The third-order valence-corrected chi connectivity index (χ3v) is 3.75. The second kappa shape index (κ2) is 6.07. The molecule has 0 fully saturated rings. The zero-order valence-corrected chi connectivity index (χ0v) is 13.0. The van der Waals surface area contributed by atoms with Crippen LogP contribution in [-0.2, 0) is 0 Å². The first-order valence-corrected chi connectivity index (χ1v) is 7.21. The average Bonchev–Trinajstić information content (AvgIpc) is 2.94. The van der Waals surface area contributed by atoms with E-state index in [1.165, 1.54) is 6.21 Å². The zero-order valence-electron chi connectivity index (χ0n) is 11.4. The van der Waals surface area contributed by atoms with E-state index in [4.69, 9.17) is 15.2 Å². The molecule has 2 aromatic rings. The number of hydrogen-bond acceptors (Lipinski definition) is 5. The van der Waals surface area contributed by atoms with Gasteiger partial charge in [-0.1, -0.05) is 12.1 Å². The standard InChI is InChI=1S/C15H12BrN3O3/c16-11-6-14-13(21-8-22-14)5-9(11)7-18-19-15(20)10-3-1-2-4-12(10)17/h1-7H,8,17H2,(H,19,20)/b18-7+. The number of nitrogen functional groups attached to an aromatic ring is 1. The topological polar surface area (TPSA) is 85.9 Å². The van der Waals surface area contributed by atoms with E-state index in [0.717, 1.165) is 10.0 Å². The van der Waals surface area contributed by atoms with E-state index in [9.17, 15) is 4.79 Å². The quantitative estimate of drug-likeness (QED) is 0.499. The molecule has 112 valence electrons. The molecule has 0 unspecified atom stereocenters. The molecule has 1 aliphatic heterocycles. The summed E-state index contributed by atoms with van der Waals surface area (Å²) in [5.74, 6) is 0.944. The maximum Gasteiger partial charge on any atom is 0.273 e. The average molecular weight is 362 g/mol. The Morgan fingerprint density at radius 3 is 2.77 bits per heavy atom. The number of amides is 1. The minimum absolute atomic E-state index is 0.201. The Hall–Kier alpha value is -2.54. The predicted octanol–water partition coefficient (Wildman–Crippen LogP) is 2.52. The number of para-hydroxylation sites is 1. The number of carbonyl (C=O) groups excluding carboxylic acids is 1. The van der Waals surface area contributed by atoms with Crippen LogP contribution in [0.25, 0.3) is 0 Å². The van der Waals surface area contributed by atoms with Gasteiger partial charge in [0.25, 0.3) is 5.91 Å². The van der Waals surface area contributed by atoms with Crippen molar-refractivity contribution in [2.45, 2.75) is 0 Å². The van der Waals surface area contributed by atoms with Crippen LogP contribution in [0.3, 0.4) is 0 Å². The van der Waals surface area contributed by atoms with Gasteiger partial charge in [-0.15, -0.1) is 0 Å². The lowest BCUT2D eigenvalue weighted by molar-refractivity contribution is 0.0956. The lowest BCUT2D eigenvalue weighted by atomic mass is 10.2. The third-order valence-electron chi connectivity index (χ3n) is 3.07. The highest BCUT2D eigenvalue weighted by Crippen LogP contribution is 2.36. The van der Waals surface area contributed by atoms with Gasteiger partial charge in [0.05, 0.1) is 11.8 Å². The number of nitrogens with two attached hydrogens (primary N) is 1. The van der Waals surface area contributed by atoms with Crippen molar-refractivity contribution in [3.63, 3.8) is 0 Å². The van der Waals surface area contributed by atoms with Crippen molar-refractivity contribution >= 4 is 33.7 Å². The number of rotatable bonds is 3. The van der Waals surface area contributed by atoms with Crippen molar-refractivity contribution in [3.8, 4) is 11.5 Å². The summed E-state index contributed by atoms with van der Waals surface area (Å²) in [6.07, 6.45) is 1.52. The van der Waals surface area contributed by atoms with Crippen LogP contribution < -0.4 is 20.6 Å². The van der Waals surface area contributed by atoms with Gasteiger partial charge in [0, 0.05) is 15.7 Å². The summed E-state index contributed by atoms with van der Waals surface area (Å²) in [5.41, 5.74) is 9.72. The summed E-state index contributed by atoms with van der Waals surface area (Å²) < 4.78 is 11.4. The summed E-state index contributed by atoms with van der Waals surface area (Å²) in [4.78, 5) is 12.0. The first kappa shape index (κ1) is 14.4. The molecule has 3 rings (SSSR count). The van der Waals surface area contributed by atoms with Crippen LogP contribution in [0, 0.1) is 0 Å². The van der Waals surface area contributed by atoms with Gasteiger partial charge in [-0.2, -0.15) is 5.10 Å². The number of benzene rings is 2. The molecule has 0 atom stereocenters. The number of fused-ring (bicyclic) bond motifs is 1. The van der Waals surface area contributed by atoms with E-state index in [1.807, 2.05) is 0 Å². The molecule has 7 heteroatoms. The van der Waals surface area contributed by atoms with Gasteiger partial charge in [-0.05, 0) is 40.2 Å². The van der Waals surface area contributed by atoms with Crippen molar-refractivity contribution in [3.05, 3.63) is 52.0 Å². The maximum atomic E-state index is 12.0. The Bertz CT molecular complexity index is 762. The molecule has 0 bridgehead atoms. The van der Waals surface area contributed by atoms with E-state index in [1.54, 1.807) is 36.4 Å². The Labute approximate surface area is 135 Å². The lowest BCUT2D eigenvalue weighted by Gasteiger charge is -2.04. The van der Waals surface area contributed by atoms with E-state index in [2.05, 4.69) is 26.5 Å². The molecular weight excluding hydrogens is 350 g/mol. The molecule has 2 aromatic carbocycles. The van der Waals surface area contributed by atoms with Gasteiger partial charge in [0.2, 0.25) is 6.79 Å². The van der Waals surface area contributed by atoms with Crippen LogP contribution in [0.2, 0.25) is 0 Å². The summed E-state index contributed by atoms with van der Waals surface area (Å²) in [6, 6.07) is 10.4. The minimum atomic E-state index is -0.369. The van der Waals surface area contributed by atoms with Gasteiger partial charge in [0.15, 0.2) is 11.5 Å². The van der Waals surface area contributed by atoms with Crippen LogP contribution in [0.5, 0.6) is 11.5 Å². The lowest BCUT2D eigenvalue weighted by Crippen LogP contribution is -2.19. The maximum absolute atomic E-state index is 12.0. The second-order valence-corrected chi connectivity index (χ2v) is 5.37. The monoisotopic (exact) mass is 361 g/mol. The van der Waals surface area contributed by atoms with E-state index < -0.39 is 0 Å². The molecule has 1 heterocycles. The Balaban J connectivity index is 1.73. The summed E-state index contributed by atoms with van der Waals surface area (Å²) in [6.45, 7) is 0.201. The van der Waals surface area contributed by atoms with E-state index in [0.29, 0.717) is 22.7 Å². The highest BCUT2D eigenvalue weighted by molar-refractivity contribution is 9.10. The zero-order chi connectivity index (χ0) is 15.5. The molecule has 0 saturated carbocycles. The fraction of sp³-hybridized carbons (Fsp3) is 0.0667. The van der Waals surface area contributed by atoms with Crippen molar-refractivity contribution in [2.75, 3.05) is 12.5 Å². The number of halogens is 1. The molecule has 0 radical (unpaired) electrons. The number of nitrogens with one attached hydrogen (secondary N) is 1. The van der Waals surface area contributed by atoms with Gasteiger partial charge in [-0.25, -0.2) is 5.43 Å². The molecule has 0 saturated heterocycles. The van der Waals surface area contributed by atoms with Gasteiger partial charge in [-0.3, -0.25) is 4.79 Å². The van der Waals surface area contributed by atoms with Crippen LogP contribution in [0.15, 0.2) is 46.0 Å². The Morgan fingerprint density at radius 1 is 1.27 bits per heavy atom. The van der Waals surface area contributed by atoms with Crippen molar-refractivity contribution in [1.29, 1.82) is 0 Å². The molecule has 0 aromatic heterocycles. The third kappa shape index (κ3) is 2.89. The first-order chi connectivity index (χ1) is 10.6. The molecule has 0 spiro atoms. The second-order valence-electron chi connectivity index (χ2n) is 4.51. The molecular formula is C15H12BrN3O3. The normalized spacial score (nSPS) is 12.6. The summed E-state index contributed by atoms with van der Waals surface area (Å²) in [7, 11) is 0. The summed E-state index contributed by atoms with van der Waals surface area (Å²) in [5, 5.41) is 3.94. The molecule has 1 aliphatic rings. The Kier molecular flexibility index (Phi) is 3.97. The number of hydrogen-bond donors (Lipinski definition) is 2. The molecule has 3 N–H and O–H groups in total. The highest BCUT2D eigenvalue weighted by Gasteiger charge is 2.15. The van der Waals surface area contributed by atoms with Crippen LogP contribution in [0.4, 0.5) is 5.69 Å². The Morgan fingerprint density at radius 2 is 2.00 bits per heavy atom. The molecule has 22 heavy (non-hydrogen) atoms. The van der Waals surface area contributed by atoms with Crippen LogP contribution in [-0.4, -0.2) is 18.9 Å². The molecule has 0 aliphatic carbocycles. The SMILES string of the molecule is Nc1ccccc1C(=O)N/N=C/c1cc2c(cc1Br)OCO2. The van der Waals surface area contributed by atoms with Crippen LogP contribution in [0.1, 0.15) is 15.9 Å². The smallest absolute Gasteiger partial charge is 0.273 e. The predicted molar refractivity (Wildman–Crippen MR) is 86.2 cm³/mol. The number of hydrazone groups is 1. The van der Waals surface area contributed by atoms with E-state index in [-0.39, 0.29) is 12.7 Å². The van der Waals surface area contributed by atoms with Crippen molar-refractivity contribution in [1.82, 2.24) is 5.43 Å². The fourth-order valence-electron chi connectivity index (χ4n) is 1.96. The van der Waals surface area contributed by atoms with Gasteiger partial charge in [0.1, 0.15) is 0 Å². The van der Waals surface area contributed by atoms with Gasteiger partial charge < -0.3 is 15.2 Å².